The summed E-state index contributed by atoms with van der Waals surface area (Å²) in [4.78, 5) is 12.8. The van der Waals surface area contributed by atoms with E-state index in [9.17, 15) is 0 Å². The van der Waals surface area contributed by atoms with Gasteiger partial charge in [0, 0.05) is 44.6 Å². The number of aromatic nitrogens is 4. The third kappa shape index (κ3) is 4.94. The molecule has 3 heterocycles. The van der Waals surface area contributed by atoms with Crippen molar-refractivity contribution in [1.29, 1.82) is 0 Å². The minimum atomic E-state index is -1.07. The molecule has 0 amide bonds. The number of hydrogen-bond acceptors (Lipinski definition) is 5. The zero-order chi connectivity index (χ0) is 19.6. The second-order valence-corrected chi connectivity index (χ2v) is 14.5. The van der Waals surface area contributed by atoms with E-state index in [1.165, 1.54) is 11.6 Å². The molecule has 0 bridgehead atoms. The Morgan fingerprint density at radius 3 is 2.78 bits per heavy atom. The Kier molecular flexibility index (Phi) is 5.98. The minimum absolute atomic E-state index is 0.248. The molecule has 6 nitrogen and oxygen atoms in total. The fourth-order valence-electron chi connectivity index (χ4n) is 2.93. The molecule has 8 heteroatoms. The molecule has 0 aliphatic rings. The quantitative estimate of drug-likeness (QED) is 0.324. The van der Waals surface area contributed by atoms with Crippen molar-refractivity contribution >= 4 is 40.9 Å². The largest absolute Gasteiger partial charge is 0.381 e. The average Bonchev–Trinajstić information content (AvgIpc) is 2.96. The molecule has 0 fully saturated rings. The van der Waals surface area contributed by atoms with Gasteiger partial charge in [-0.25, -0.2) is 9.97 Å². The van der Waals surface area contributed by atoms with E-state index in [4.69, 9.17) is 10.5 Å². The molecule has 0 aliphatic carbocycles. The van der Waals surface area contributed by atoms with Crippen molar-refractivity contribution in [3.8, 4) is 5.82 Å². The molecule has 2 N–H and O–H groups in total. The molecular formula is C19H26BrN5OSi. The molecule has 3 rings (SSSR count). The van der Waals surface area contributed by atoms with E-state index < -0.39 is 8.07 Å². The van der Waals surface area contributed by atoms with Crippen LogP contribution in [0.1, 0.15) is 18.4 Å². The summed E-state index contributed by atoms with van der Waals surface area (Å²) in [6.45, 7) is 10.8. The average molecular weight is 448 g/mol. The highest BCUT2D eigenvalue weighted by Crippen LogP contribution is 2.31. The first-order valence-electron chi connectivity index (χ1n) is 9.08. The number of ether oxygens (including phenoxy) is 1. The fourth-order valence-corrected chi connectivity index (χ4v) is 4.00. The third-order valence-electron chi connectivity index (χ3n) is 4.49. The summed E-state index contributed by atoms with van der Waals surface area (Å²) in [5.41, 5.74) is 8.00. The van der Waals surface area contributed by atoms with Gasteiger partial charge in [-0.2, -0.15) is 4.98 Å². The maximum absolute atomic E-state index is 5.98. The van der Waals surface area contributed by atoms with E-state index >= 15 is 0 Å². The van der Waals surface area contributed by atoms with Crippen LogP contribution >= 0.6 is 15.9 Å². The number of hydrogen-bond donors (Lipinski definition) is 1. The van der Waals surface area contributed by atoms with Crippen LogP contribution in [-0.4, -0.2) is 40.8 Å². The Bertz CT molecular complexity index is 937. The fraction of sp³-hybridized carbons (Fsp3) is 0.421. The Morgan fingerprint density at radius 1 is 1.30 bits per heavy atom. The first-order valence-corrected chi connectivity index (χ1v) is 13.6. The van der Waals surface area contributed by atoms with Gasteiger partial charge in [0.05, 0.1) is 12.1 Å². The molecule has 0 radical (unpaired) electrons. The number of nitrogens with zero attached hydrogens (tertiary/aromatic N) is 4. The lowest BCUT2D eigenvalue weighted by Crippen LogP contribution is -2.22. The van der Waals surface area contributed by atoms with Gasteiger partial charge >= 0.3 is 0 Å². The van der Waals surface area contributed by atoms with Crippen molar-refractivity contribution in [2.45, 2.75) is 38.5 Å². The lowest BCUT2D eigenvalue weighted by Gasteiger charge is -2.17. The predicted octanol–water partition coefficient (Wildman–Crippen LogP) is 4.62. The van der Waals surface area contributed by atoms with Gasteiger partial charge < -0.3 is 15.0 Å². The number of halogens is 1. The van der Waals surface area contributed by atoms with Gasteiger partial charge in [-0.15, -0.1) is 0 Å². The number of anilines is 1. The number of pyridine rings is 1. The maximum atomic E-state index is 5.98. The van der Waals surface area contributed by atoms with Gasteiger partial charge in [0.25, 0.3) is 0 Å². The Labute approximate surface area is 169 Å². The molecule has 1 unspecified atom stereocenters. The Hall–Kier alpha value is -1.77. The highest BCUT2D eigenvalue weighted by molar-refractivity contribution is 9.10. The Morgan fingerprint density at radius 2 is 2.07 bits per heavy atom. The normalized spacial score (nSPS) is 13.2. The molecule has 0 spiro atoms. The monoisotopic (exact) mass is 447 g/mol. The zero-order valence-electron chi connectivity index (χ0n) is 16.2. The van der Waals surface area contributed by atoms with Crippen LogP contribution in [0.15, 0.2) is 35.3 Å². The summed E-state index contributed by atoms with van der Waals surface area (Å²) in [6.07, 6.45) is 5.67. The predicted molar refractivity (Wildman–Crippen MR) is 116 cm³/mol. The summed E-state index contributed by atoms with van der Waals surface area (Å²) in [6, 6.07) is 5.02. The van der Waals surface area contributed by atoms with E-state index in [-0.39, 0.29) is 11.9 Å². The zero-order valence-corrected chi connectivity index (χ0v) is 18.8. The van der Waals surface area contributed by atoms with Crippen molar-refractivity contribution in [2.24, 2.45) is 0 Å². The first kappa shape index (κ1) is 20.0. The van der Waals surface area contributed by atoms with Crippen LogP contribution < -0.4 is 5.73 Å². The van der Waals surface area contributed by atoms with E-state index in [1.54, 1.807) is 6.20 Å². The van der Waals surface area contributed by atoms with E-state index in [1.807, 2.05) is 22.9 Å². The SMILES string of the molecule is CC(COCC[Si](C)(C)C)c1cn(-c2ccnc(N)n2)c2cc(Br)ncc12. The van der Waals surface area contributed by atoms with Crippen LogP contribution in [0.3, 0.4) is 0 Å². The number of nitrogens with two attached hydrogens (primary N) is 1. The molecule has 0 aliphatic heterocycles. The molecule has 1 atom stereocenters. The van der Waals surface area contributed by atoms with Crippen LogP contribution in [0.25, 0.3) is 16.7 Å². The van der Waals surface area contributed by atoms with E-state index in [0.29, 0.717) is 6.61 Å². The smallest absolute Gasteiger partial charge is 0.221 e. The molecule has 3 aromatic heterocycles. The lowest BCUT2D eigenvalue weighted by molar-refractivity contribution is 0.135. The van der Waals surface area contributed by atoms with Crippen molar-refractivity contribution in [1.82, 2.24) is 19.5 Å². The summed E-state index contributed by atoms with van der Waals surface area (Å²) < 4.78 is 8.80. The second kappa shape index (κ2) is 8.08. The third-order valence-corrected chi connectivity index (χ3v) is 6.63. The van der Waals surface area contributed by atoms with Crippen molar-refractivity contribution < 1.29 is 4.74 Å². The minimum Gasteiger partial charge on any atom is -0.381 e. The Balaban J connectivity index is 1.89. The molecule has 144 valence electrons. The van der Waals surface area contributed by atoms with Gasteiger partial charge in [0.1, 0.15) is 10.4 Å². The maximum Gasteiger partial charge on any atom is 0.221 e. The molecule has 0 saturated carbocycles. The molecule has 27 heavy (non-hydrogen) atoms. The van der Waals surface area contributed by atoms with Gasteiger partial charge in [0.2, 0.25) is 5.95 Å². The molecule has 0 saturated heterocycles. The van der Waals surface area contributed by atoms with E-state index in [0.717, 1.165) is 27.9 Å². The second-order valence-electron chi connectivity index (χ2n) is 8.04. The standard InChI is InChI=1S/C19H26BrN5OSi/c1-13(12-26-7-8-27(2,3)4)15-11-25(18-5-6-22-19(21)24-18)16-9-17(20)23-10-14(15)16/h5-6,9-11,13H,7-8,12H2,1-4H3,(H2,21,22,24). The topological polar surface area (TPSA) is 78.9 Å². The van der Waals surface area contributed by atoms with Crippen molar-refractivity contribution in [2.75, 3.05) is 18.9 Å². The molecular weight excluding hydrogens is 422 g/mol. The highest BCUT2D eigenvalue weighted by atomic mass is 79.9. The van der Waals surface area contributed by atoms with Crippen LogP contribution in [0.5, 0.6) is 0 Å². The number of fused-ring (bicyclic) bond motifs is 1. The number of nitrogen functional groups attached to an aromatic ring is 1. The van der Waals surface area contributed by atoms with Gasteiger partial charge in [0.15, 0.2) is 0 Å². The van der Waals surface area contributed by atoms with Gasteiger partial charge in [-0.1, -0.05) is 26.6 Å². The van der Waals surface area contributed by atoms with Gasteiger partial charge in [-0.3, -0.25) is 0 Å². The summed E-state index contributed by atoms with van der Waals surface area (Å²) >= 11 is 3.47. The number of rotatable bonds is 7. The highest BCUT2D eigenvalue weighted by Gasteiger charge is 2.18. The van der Waals surface area contributed by atoms with Crippen LogP contribution in [0.2, 0.25) is 25.7 Å². The summed E-state index contributed by atoms with van der Waals surface area (Å²) in [5, 5.41) is 1.09. The first-order chi connectivity index (χ1) is 12.7. The molecule has 0 aromatic carbocycles. The summed E-state index contributed by atoms with van der Waals surface area (Å²) in [5.74, 6) is 1.24. The van der Waals surface area contributed by atoms with Crippen molar-refractivity contribution in [3.05, 3.63) is 40.9 Å². The van der Waals surface area contributed by atoms with Crippen molar-refractivity contribution in [3.63, 3.8) is 0 Å². The van der Waals surface area contributed by atoms with Crippen LogP contribution in [0.4, 0.5) is 5.95 Å². The van der Waals surface area contributed by atoms with Crippen LogP contribution in [-0.2, 0) is 4.74 Å². The van der Waals surface area contributed by atoms with E-state index in [2.05, 4.69) is 63.6 Å². The van der Waals surface area contributed by atoms with Crippen LogP contribution in [0, 0.1) is 0 Å². The summed E-state index contributed by atoms with van der Waals surface area (Å²) in [7, 11) is -1.07. The molecule has 3 aromatic rings. The lowest BCUT2D eigenvalue weighted by atomic mass is 10.0. The van der Waals surface area contributed by atoms with Gasteiger partial charge in [-0.05, 0) is 39.7 Å².